The minimum atomic E-state index is -0.258. The lowest BCUT2D eigenvalue weighted by Gasteiger charge is -2.13. The van der Waals surface area contributed by atoms with Crippen LogP contribution >= 0.6 is 0 Å². The average Bonchev–Trinajstić information content (AvgIpc) is 2.75. The Labute approximate surface area is 123 Å². The topological polar surface area (TPSA) is 43.8 Å². The summed E-state index contributed by atoms with van der Waals surface area (Å²) in [7, 11) is 0. The van der Waals surface area contributed by atoms with Crippen LogP contribution in [0.1, 0.15) is 31.3 Å². The molecule has 1 heterocycles. The molecule has 0 saturated carbocycles. The second-order valence-electron chi connectivity index (χ2n) is 5.55. The maximum atomic E-state index is 13.4. The zero-order valence-corrected chi connectivity index (χ0v) is 12.2. The van der Waals surface area contributed by atoms with Gasteiger partial charge in [0.05, 0.1) is 11.0 Å². The first-order valence-corrected chi connectivity index (χ1v) is 7.05. The van der Waals surface area contributed by atoms with Crippen molar-refractivity contribution in [3.8, 4) is 0 Å². The maximum absolute atomic E-state index is 13.4. The fourth-order valence-corrected chi connectivity index (χ4v) is 2.71. The minimum Gasteiger partial charge on any atom is -0.399 e. The summed E-state index contributed by atoms with van der Waals surface area (Å²) in [5.74, 6) is 0.669. The number of hydrogen-bond donors (Lipinski definition) is 1. The Kier molecular flexibility index (Phi) is 3.37. The highest BCUT2D eigenvalue weighted by molar-refractivity contribution is 5.76. The molecule has 3 rings (SSSR count). The molecule has 108 valence electrons. The zero-order valence-electron chi connectivity index (χ0n) is 12.2. The summed E-state index contributed by atoms with van der Waals surface area (Å²) in [6, 6.07) is 12.8. The number of benzene rings is 2. The van der Waals surface area contributed by atoms with Crippen molar-refractivity contribution in [3.63, 3.8) is 0 Å². The third-order valence-corrected chi connectivity index (χ3v) is 3.55. The molecule has 3 aromatic rings. The number of hydrogen-bond acceptors (Lipinski definition) is 2. The van der Waals surface area contributed by atoms with Gasteiger partial charge < -0.3 is 10.3 Å². The number of rotatable bonds is 3. The van der Waals surface area contributed by atoms with Gasteiger partial charge in [0.15, 0.2) is 0 Å². The quantitative estimate of drug-likeness (QED) is 0.740. The molecule has 0 spiro atoms. The van der Waals surface area contributed by atoms with E-state index in [2.05, 4.69) is 23.4 Å². The van der Waals surface area contributed by atoms with Gasteiger partial charge in [0.2, 0.25) is 0 Å². The molecule has 0 aliphatic heterocycles. The summed E-state index contributed by atoms with van der Waals surface area (Å²) in [4.78, 5) is 4.60. The van der Waals surface area contributed by atoms with Crippen molar-refractivity contribution < 1.29 is 4.39 Å². The van der Waals surface area contributed by atoms with E-state index in [0.29, 0.717) is 11.9 Å². The van der Waals surface area contributed by atoms with Crippen molar-refractivity contribution in [2.45, 2.75) is 26.3 Å². The van der Waals surface area contributed by atoms with Crippen LogP contribution in [0.15, 0.2) is 42.5 Å². The molecule has 0 atom stereocenters. The van der Waals surface area contributed by atoms with Crippen LogP contribution in [-0.4, -0.2) is 9.55 Å². The van der Waals surface area contributed by atoms with Gasteiger partial charge in [0.25, 0.3) is 0 Å². The predicted molar refractivity (Wildman–Crippen MR) is 83.7 cm³/mol. The van der Waals surface area contributed by atoms with Gasteiger partial charge in [-0.3, -0.25) is 0 Å². The Morgan fingerprint density at radius 3 is 2.71 bits per heavy atom. The molecular weight excluding hydrogens is 265 g/mol. The van der Waals surface area contributed by atoms with E-state index in [0.717, 1.165) is 22.6 Å². The molecule has 21 heavy (non-hydrogen) atoms. The van der Waals surface area contributed by atoms with Gasteiger partial charge in [0, 0.05) is 24.2 Å². The Hall–Kier alpha value is -2.36. The lowest BCUT2D eigenvalue weighted by Crippen LogP contribution is -2.07. The Morgan fingerprint density at radius 1 is 1.19 bits per heavy atom. The molecule has 0 aliphatic carbocycles. The van der Waals surface area contributed by atoms with Gasteiger partial charge >= 0.3 is 0 Å². The highest BCUT2D eigenvalue weighted by atomic mass is 19.1. The second kappa shape index (κ2) is 5.20. The third-order valence-electron chi connectivity index (χ3n) is 3.55. The number of aromatic nitrogens is 2. The van der Waals surface area contributed by atoms with Crippen LogP contribution in [0.2, 0.25) is 0 Å². The SMILES string of the molecule is CC(C)n1c(Cc2cccc(N)c2)nc2cc(F)ccc21. The van der Waals surface area contributed by atoms with E-state index in [1.165, 1.54) is 12.1 Å². The van der Waals surface area contributed by atoms with E-state index in [4.69, 9.17) is 5.73 Å². The van der Waals surface area contributed by atoms with Gasteiger partial charge in [-0.05, 0) is 43.7 Å². The number of nitrogens with zero attached hydrogens (tertiary/aromatic N) is 2. The van der Waals surface area contributed by atoms with Crippen LogP contribution in [0.3, 0.4) is 0 Å². The largest absolute Gasteiger partial charge is 0.399 e. The van der Waals surface area contributed by atoms with E-state index in [1.54, 1.807) is 6.07 Å². The van der Waals surface area contributed by atoms with E-state index in [1.807, 2.05) is 24.3 Å². The molecule has 0 bridgehead atoms. The van der Waals surface area contributed by atoms with Crippen molar-refractivity contribution >= 4 is 16.7 Å². The number of halogens is 1. The molecule has 3 nitrogen and oxygen atoms in total. The average molecular weight is 283 g/mol. The smallest absolute Gasteiger partial charge is 0.125 e. The van der Waals surface area contributed by atoms with Gasteiger partial charge in [-0.1, -0.05) is 12.1 Å². The van der Waals surface area contributed by atoms with Crippen LogP contribution < -0.4 is 5.73 Å². The van der Waals surface area contributed by atoms with E-state index in [-0.39, 0.29) is 11.9 Å². The van der Waals surface area contributed by atoms with Gasteiger partial charge in [-0.15, -0.1) is 0 Å². The molecular formula is C17H18FN3. The summed E-state index contributed by atoms with van der Waals surface area (Å²) in [6.07, 6.45) is 0.680. The van der Waals surface area contributed by atoms with E-state index < -0.39 is 0 Å². The number of anilines is 1. The van der Waals surface area contributed by atoms with Crippen molar-refractivity contribution in [2.24, 2.45) is 0 Å². The minimum absolute atomic E-state index is 0.258. The van der Waals surface area contributed by atoms with Crippen molar-refractivity contribution in [1.29, 1.82) is 0 Å². The molecule has 0 amide bonds. The van der Waals surface area contributed by atoms with Gasteiger partial charge in [0.1, 0.15) is 11.6 Å². The summed E-state index contributed by atoms with van der Waals surface area (Å²) < 4.78 is 15.5. The van der Waals surface area contributed by atoms with Crippen molar-refractivity contribution in [3.05, 3.63) is 59.7 Å². The summed E-state index contributed by atoms with van der Waals surface area (Å²) in [5, 5.41) is 0. The molecule has 0 aliphatic rings. The number of imidazole rings is 1. The van der Waals surface area contributed by atoms with Crippen LogP contribution in [0.4, 0.5) is 10.1 Å². The first-order valence-electron chi connectivity index (χ1n) is 7.05. The molecule has 0 saturated heterocycles. The van der Waals surface area contributed by atoms with Crippen molar-refractivity contribution in [2.75, 3.05) is 5.73 Å². The normalized spacial score (nSPS) is 11.4. The predicted octanol–water partition coefficient (Wildman–Crippen LogP) is 3.93. The Morgan fingerprint density at radius 2 is 2.00 bits per heavy atom. The molecule has 0 radical (unpaired) electrons. The Bertz CT molecular complexity index is 790. The van der Waals surface area contributed by atoms with E-state index >= 15 is 0 Å². The number of nitrogens with two attached hydrogens (primary N) is 1. The lowest BCUT2D eigenvalue weighted by molar-refractivity contribution is 0.591. The van der Waals surface area contributed by atoms with Crippen LogP contribution in [0.25, 0.3) is 11.0 Å². The lowest BCUT2D eigenvalue weighted by atomic mass is 10.1. The summed E-state index contributed by atoms with van der Waals surface area (Å²) >= 11 is 0. The first kappa shape index (κ1) is 13.6. The highest BCUT2D eigenvalue weighted by Gasteiger charge is 2.14. The second-order valence-corrected chi connectivity index (χ2v) is 5.55. The molecule has 0 unspecified atom stereocenters. The molecule has 4 heteroatoms. The highest BCUT2D eigenvalue weighted by Crippen LogP contribution is 2.24. The van der Waals surface area contributed by atoms with Crippen LogP contribution in [-0.2, 0) is 6.42 Å². The summed E-state index contributed by atoms with van der Waals surface area (Å²) in [5.41, 5.74) is 9.33. The number of fused-ring (bicyclic) bond motifs is 1. The number of nitrogen functional groups attached to an aromatic ring is 1. The van der Waals surface area contributed by atoms with Gasteiger partial charge in [-0.2, -0.15) is 0 Å². The third kappa shape index (κ3) is 2.61. The first-order chi connectivity index (χ1) is 10.0. The molecule has 0 fully saturated rings. The summed E-state index contributed by atoms with van der Waals surface area (Å²) in [6.45, 7) is 4.21. The maximum Gasteiger partial charge on any atom is 0.125 e. The van der Waals surface area contributed by atoms with Crippen LogP contribution in [0, 0.1) is 5.82 Å². The monoisotopic (exact) mass is 283 g/mol. The van der Waals surface area contributed by atoms with Crippen molar-refractivity contribution in [1.82, 2.24) is 9.55 Å². The van der Waals surface area contributed by atoms with Crippen LogP contribution in [0.5, 0.6) is 0 Å². The van der Waals surface area contributed by atoms with E-state index in [9.17, 15) is 4.39 Å². The molecule has 1 aromatic heterocycles. The fourth-order valence-electron chi connectivity index (χ4n) is 2.71. The Balaban J connectivity index is 2.10. The fraction of sp³-hybridized carbons (Fsp3) is 0.235. The van der Waals surface area contributed by atoms with Gasteiger partial charge in [-0.25, -0.2) is 9.37 Å². The zero-order chi connectivity index (χ0) is 15.0. The standard InChI is InChI=1S/C17H18FN3/c1-11(2)21-16-7-6-13(18)10-15(16)20-17(21)9-12-4-3-5-14(19)8-12/h3-8,10-11H,9,19H2,1-2H3. The molecule has 2 aromatic carbocycles. The molecule has 2 N–H and O–H groups in total.